The molecule has 0 atom stereocenters. The first-order valence-corrected chi connectivity index (χ1v) is 6.60. The van der Waals surface area contributed by atoms with E-state index < -0.39 is 5.60 Å². The molecular formula is C15H21NO2. The topological polar surface area (TPSA) is 52.3 Å². The van der Waals surface area contributed by atoms with E-state index in [-0.39, 0.29) is 5.91 Å². The first-order chi connectivity index (χ1) is 8.53. The number of rotatable bonds is 3. The third-order valence-electron chi connectivity index (χ3n) is 3.90. The number of amides is 1. The maximum atomic E-state index is 11.7. The highest BCUT2D eigenvalue weighted by molar-refractivity contribution is 5.84. The zero-order valence-corrected chi connectivity index (χ0v) is 11.2. The SMILES string of the molecule is Cc1ccc(OC2(C(N)=O)CCCCC2)cc1C. The molecule has 1 aromatic carbocycles. The molecular weight excluding hydrogens is 226 g/mol. The predicted molar refractivity (Wildman–Crippen MR) is 71.6 cm³/mol. The van der Waals surface area contributed by atoms with Gasteiger partial charge in [-0.3, -0.25) is 4.79 Å². The van der Waals surface area contributed by atoms with Crippen LogP contribution in [0.15, 0.2) is 18.2 Å². The highest BCUT2D eigenvalue weighted by Gasteiger charge is 2.40. The Kier molecular flexibility index (Phi) is 3.60. The van der Waals surface area contributed by atoms with Gasteiger partial charge in [0.15, 0.2) is 5.60 Å². The van der Waals surface area contributed by atoms with E-state index in [4.69, 9.17) is 10.5 Å². The zero-order chi connectivity index (χ0) is 13.2. The summed E-state index contributed by atoms with van der Waals surface area (Å²) in [7, 11) is 0. The Hall–Kier alpha value is -1.51. The predicted octanol–water partition coefficient (Wildman–Crippen LogP) is 2.87. The highest BCUT2D eigenvalue weighted by atomic mass is 16.5. The normalized spacial score (nSPS) is 18.3. The maximum absolute atomic E-state index is 11.7. The molecule has 0 aromatic heterocycles. The molecule has 1 amide bonds. The van der Waals surface area contributed by atoms with Gasteiger partial charge in [-0.25, -0.2) is 0 Å². The summed E-state index contributed by atoms with van der Waals surface area (Å²) in [4.78, 5) is 11.7. The molecule has 1 aromatic rings. The van der Waals surface area contributed by atoms with E-state index in [0.29, 0.717) is 0 Å². The molecule has 3 heteroatoms. The Bertz CT molecular complexity index is 448. The van der Waals surface area contributed by atoms with Crippen molar-refractivity contribution < 1.29 is 9.53 Å². The van der Waals surface area contributed by atoms with Crippen molar-refractivity contribution in [3.05, 3.63) is 29.3 Å². The van der Waals surface area contributed by atoms with Crippen molar-refractivity contribution in [2.24, 2.45) is 5.73 Å². The summed E-state index contributed by atoms with van der Waals surface area (Å²) in [6, 6.07) is 5.92. The molecule has 2 N–H and O–H groups in total. The molecule has 98 valence electrons. The van der Waals surface area contributed by atoms with Gasteiger partial charge in [0.2, 0.25) is 0 Å². The second-order valence-corrected chi connectivity index (χ2v) is 5.27. The third-order valence-corrected chi connectivity index (χ3v) is 3.90. The van der Waals surface area contributed by atoms with E-state index in [2.05, 4.69) is 6.92 Å². The van der Waals surface area contributed by atoms with Crippen molar-refractivity contribution in [1.29, 1.82) is 0 Å². The smallest absolute Gasteiger partial charge is 0.261 e. The standard InChI is InChI=1S/C15H21NO2/c1-11-6-7-13(10-12(11)2)18-15(14(16)17)8-4-3-5-9-15/h6-7,10H,3-5,8-9H2,1-2H3,(H2,16,17). The molecule has 1 aliphatic carbocycles. The summed E-state index contributed by atoms with van der Waals surface area (Å²) in [6.45, 7) is 4.10. The molecule has 1 aliphatic rings. The lowest BCUT2D eigenvalue weighted by Crippen LogP contribution is -2.50. The monoisotopic (exact) mass is 247 g/mol. The molecule has 2 rings (SSSR count). The summed E-state index contributed by atoms with van der Waals surface area (Å²) >= 11 is 0. The summed E-state index contributed by atoms with van der Waals surface area (Å²) in [5, 5.41) is 0. The fourth-order valence-corrected chi connectivity index (χ4v) is 2.52. The minimum absolute atomic E-state index is 0.333. The number of ether oxygens (including phenoxy) is 1. The number of carbonyl (C=O) groups excluding carboxylic acids is 1. The van der Waals surface area contributed by atoms with E-state index >= 15 is 0 Å². The lowest BCUT2D eigenvalue weighted by Gasteiger charge is -2.34. The Morgan fingerprint density at radius 1 is 1.17 bits per heavy atom. The highest BCUT2D eigenvalue weighted by Crippen LogP contribution is 2.33. The van der Waals surface area contributed by atoms with Gasteiger partial charge in [-0.15, -0.1) is 0 Å². The third kappa shape index (κ3) is 2.50. The van der Waals surface area contributed by atoms with Crippen LogP contribution < -0.4 is 10.5 Å². The van der Waals surface area contributed by atoms with Crippen molar-refractivity contribution in [1.82, 2.24) is 0 Å². The summed E-state index contributed by atoms with van der Waals surface area (Å²) in [5.41, 5.74) is 7.15. The Balaban J connectivity index is 2.23. The van der Waals surface area contributed by atoms with Gasteiger partial charge >= 0.3 is 0 Å². The van der Waals surface area contributed by atoms with E-state index in [9.17, 15) is 4.79 Å². The molecule has 1 fully saturated rings. The molecule has 0 saturated heterocycles. The van der Waals surface area contributed by atoms with Crippen LogP contribution in [0.25, 0.3) is 0 Å². The lowest BCUT2D eigenvalue weighted by molar-refractivity contribution is -0.136. The van der Waals surface area contributed by atoms with Crippen molar-refractivity contribution in [3.63, 3.8) is 0 Å². The molecule has 18 heavy (non-hydrogen) atoms. The van der Waals surface area contributed by atoms with Crippen molar-refractivity contribution >= 4 is 5.91 Å². The van der Waals surface area contributed by atoms with Gasteiger partial charge in [-0.1, -0.05) is 12.5 Å². The number of hydrogen-bond donors (Lipinski definition) is 1. The molecule has 0 aliphatic heterocycles. The Labute approximate surface area is 108 Å². The zero-order valence-electron chi connectivity index (χ0n) is 11.2. The first kappa shape index (κ1) is 12.9. The van der Waals surface area contributed by atoms with E-state index in [0.717, 1.165) is 37.9 Å². The van der Waals surface area contributed by atoms with E-state index in [1.54, 1.807) is 0 Å². The Morgan fingerprint density at radius 2 is 1.83 bits per heavy atom. The van der Waals surface area contributed by atoms with Gasteiger partial charge in [0.05, 0.1) is 0 Å². The van der Waals surface area contributed by atoms with Crippen LogP contribution in [0, 0.1) is 13.8 Å². The van der Waals surface area contributed by atoms with Gasteiger partial charge in [-0.05, 0) is 62.8 Å². The van der Waals surface area contributed by atoms with Crippen LogP contribution in [0.3, 0.4) is 0 Å². The average Bonchev–Trinajstić information content (AvgIpc) is 2.35. The van der Waals surface area contributed by atoms with Gasteiger partial charge in [0.1, 0.15) is 5.75 Å². The number of carbonyl (C=O) groups is 1. The largest absolute Gasteiger partial charge is 0.477 e. The Morgan fingerprint density at radius 3 is 2.39 bits per heavy atom. The number of aryl methyl sites for hydroxylation is 2. The number of hydrogen-bond acceptors (Lipinski definition) is 2. The number of nitrogens with two attached hydrogens (primary N) is 1. The van der Waals surface area contributed by atoms with Crippen molar-refractivity contribution in [2.75, 3.05) is 0 Å². The molecule has 0 unspecified atom stereocenters. The van der Waals surface area contributed by atoms with Crippen LogP contribution in [0.5, 0.6) is 5.75 Å². The molecule has 0 bridgehead atoms. The minimum Gasteiger partial charge on any atom is -0.477 e. The second-order valence-electron chi connectivity index (χ2n) is 5.27. The lowest BCUT2D eigenvalue weighted by atomic mass is 9.84. The molecule has 0 radical (unpaired) electrons. The van der Waals surface area contributed by atoms with Crippen LogP contribution in [-0.2, 0) is 4.79 Å². The molecule has 1 saturated carbocycles. The van der Waals surface area contributed by atoms with E-state index in [1.807, 2.05) is 25.1 Å². The number of benzene rings is 1. The van der Waals surface area contributed by atoms with Gasteiger partial charge in [0, 0.05) is 0 Å². The summed E-state index contributed by atoms with van der Waals surface area (Å²) in [5.74, 6) is 0.416. The quantitative estimate of drug-likeness (QED) is 0.893. The fourth-order valence-electron chi connectivity index (χ4n) is 2.52. The van der Waals surface area contributed by atoms with Crippen LogP contribution in [-0.4, -0.2) is 11.5 Å². The van der Waals surface area contributed by atoms with Gasteiger partial charge in [-0.2, -0.15) is 0 Å². The molecule has 0 heterocycles. The maximum Gasteiger partial charge on any atom is 0.261 e. The van der Waals surface area contributed by atoms with Crippen LogP contribution in [0.2, 0.25) is 0 Å². The molecule has 3 nitrogen and oxygen atoms in total. The van der Waals surface area contributed by atoms with Crippen LogP contribution in [0.4, 0.5) is 0 Å². The first-order valence-electron chi connectivity index (χ1n) is 6.60. The van der Waals surface area contributed by atoms with Gasteiger partial charge < -0.3 is 10.5 Å². The van der Waals surface area contributed by atoms with Crippen LogP contribution in [0.1, 0.15) is 43.2 Å². The van der Waals surface area contributed by atoms with Gasteiger partial charge in [0.25, 0.3) is 5.91 Å². The fraction of sp³-hybridized carbons (Fsp3) is 0.533. The minimum atomic E-state index is -0.792. The van der Waals surface area contributed by atoms with Crippen LogP contribution >= 0.6 is 0 Å². The average molecular weight is 247 g/mol. The van der Waals surface area contributed by atoms with E-state index in [1.165, 1.54) is 11.1 Å². The van der Waals surface area contributed by atoms with Crippen molar-refractivity contribution in [2.45, 2.75) is 51.6 Å². The number of primary amides is 1. The summed E-state index contributed by atoms with van der Waals surface area (Å²) in [6.07, 6.45) is 4.64. The molecule has 0 spiro atoms. The second kappa shape index (κ2) is 5.01. The summed E-state index contributed by atoms with van der Waals surface area (Å²) < 4.78 is 5.97. The van der Waals surface area contributed by atoms with Crippen molar-refractivity contribution in [3.8, 4) is 5.75 Å².